The Bertz CT molecular complexity index is 3180. The van der Waals surface area contributed by atoms with Crippen LogP contribution in [0.25, 0.3) is 104 Å². The second-order valence-electron chi connectivity index (χ2n) is 15.3. The third kappa shape index (κ3) is 3.62. The predicted molar refractivity (Wildman–Crippen MR) is 221 cm³/mol. The van der Waals surface area contributed by atoms with Crippen molar-refractivity contribution in [1.29, 1.82) is 0 Å². The van der Waals surface area contributed by atoms with Gasteiger partial charge in [0, 0.05) is 21.9 Å². The van der Waals surface area contributed by atoms with Gasteiger partial charge in [0.15, 0.2) is 0 Å². The second kappa shape index (κ2) is 9.87. The maximum Gasteiger partial charge on any atom is 0.0547 e. The Hall–Kier alpha value is -6.44. The molecule has 0 bridgehead atoms. The first-order valence-corrected chi connectivity index (χ1v) is 18.3. The molecule has 1 nitrogen and oxygen atoms in total. The van der Waals surface area contributed by atoms with Crippen molar-refractivity contribution in [3.63, 3.8) is 0 Å². The number of para-hydroxylation sites is 1. The molecule has 2 aliphatic rings. The lowest BCUT2D eigenvalue weighted by atomic mass is 9.82. The van der Waals surface area contributed by atoms with Gasteiger partial charge in [-0.3, -0.25) is 0 Å². The molecule has 52 heavy (non-hydrogen) atoms. The monoisotopic (exact) mass is 659 g/mol. The van der Waals surface area contributed by atoms with Gasteiger partial charge in [0.05, 0.1) is 11.0 Å². The minimum absolute atomic E-state index is 0.0310. The molecule has 0 atom stereocenters. The molecule has 12 rings (SSSR count). The van der Waals surface area contributed by atoms with E-state index in [1.807, 2.05) is 0 Å². The number of hydrogen-bond donors (Lipinski definition) is 0. The maximum absolute atomic E-state index is 2.46. The van der Waals surface area contributed by atoms with Crippen LogP contribution < -0.4 is 0 Å². The third-order valence-electron chi connectivity index (χ3n) is 12.3. The second-order valence-corrected chi connectivity index (χ2v) is 15.3. The highest BCUT2D eigenvalue weighted by Gasteiger charge is 2.35. The summed E-state index contributed by atoms with van der Waals surface area (Å²) in [5.41, 5.74) is 17.1. The van der Waals surface area contributed by atoms with Crippen molar-refractivity contribution in [2.24, 2.45) is 0 Å². The number of aromatic nitrogens is 1. The molecule has 2 aliphatic carbocycles. The molecule has 1 heterocycles. The molecule has 0 radical (unpaired) electrons. The molecule has 10 aromatic rings. The van der Waals surface area contributed by atoms with E-state index in [2.05, 4.69) is 182 Å². The summed E-state index contributed by atoms with van der Waals surface area (Å²) in [5, 5.41) is 10.3. The molecule has 0 N–H and O–H groups in total. The molecule has 9 aromatic carbocycles. The van der Waals surface area contributed by atoms with E-state index in [1.54, 1.807) is 0 Å². The molecule has 1 aromatic heterocycles. The van der Waals surface area contributed by atoms with Crippen LogP contribution in [0.2, 0.25) is 0 Å². The molecule has 0 saturated carbocycles. The summed E-state index contributed by atoms with van der Waals surface area (Å²) in [4.78, 5) is 0. The van der Waals surface area contributed by atoms with E-state index >= 15 is 0 Å². The number of rotatable bonds is 2. The first-order chi connectivity index (χ1) is 25.5. The standard InChI is InChI=1S/C51H33N/c1-51(2)46-16-7-5-12-39(46)44-26-33-27-45-40-13-6-8-17-48(40)52(49(45)29-34(33)28-47(44)51)35-21-20-30-24-32(19-18-31(30)25-35)36-22-23-43-38-11-4-3-10-37(38)42-15-9-14-41(36)50(42)43/h3-29H,1-2H3. The number of hydrogen-bond acceptors (Lipinski definition) is 0. The van der Waals surface area contributed by atoms with Crippen LogP contribution in [-0.4, -0.2) is 4.57 Å². The summed E-state index contributed by atoms with van der Waals surface area (Å²) < 4.78 is 2.46. The van der Waals surface area contributed by atoms with Crippen LogP contribution in [0.1, 0.15) is 25.0 Å². The topological polar surface area (TPSA) is 4.93 Å². The Labute approximate surface area is 302 Å². The van der Waals surface area contributed by atoms with E-state index in [-0.39, 0.29) is 5.41 Å². The SMILES string of the molecule is CC1(C)c2ccccc2-c2cc3cc4c5ccccc5n(-c5ccc6cc(-c7ccc8c9c(cccc79)-c7ccccc7-8)ccc6c5)c4cc3cc21. The Morgan fingerprint density at radius 1 is 0.365 bits per heavy atom. The summed E-state index contributed by atoms with van der Waals surface area (Å²) >= 11 is 0. The molecule has 0 amide bonds. The summed E-state index contributed by atoms with van der Waals surface area (Å²) in [6, 6.07) is 61.7. The van der Waals surface area contributed by atoms with Crippen molar-refractivity contribution in [3.8, 4) is 50.2 Å². The zero-order valence-corrected chi connectivity index (χ0v) is 29.0. The zero-order chi connectivity index (χ0) is 34.3. The van der Waals surface area contributed by atoms with Crippen LogP contribution in [0.5, 0.6) is 0 Å². The van der Waals surface area contributed by atoms with E-state index in [0.717, 1.165) is 0 Å². The first kappa shape index (κ1) is 28.3. The molecule has 0 saturated heterocycles. The van der Waals surface area contributed by atoms with Gasteiger partial charge in [0.25, 0.3) is 0 Å². The molecular weight excluding hydrogens is 627 g/mol. The van der Waals surface area contributed by atoms with Gasteiger partial charge in [-0.05, 0) is 136 Å². The summed E-state index contributed by atoms with van der Waals surface area (Å²) in [7, 11) is 0. The van der Waals surface area contributed by atoms with Crippen LogP contribution >= 0.6 is 0 Å². The van der Waals surface area contributed by atoms with E-state index in [9.17, 15) is 0 Å². The van der Waals surface area contributed by atoms with Crippen molar-refractivity contribution in [3.05, 3.63) is 175 Å². The van der Waals surface area contributed by atoms with Crippen molar-refractivity contribution in [2.75, 3.05) is 0 Å². The number of benzene rings is 9. The van der Waals surface area contributed by atoms with E-state index < -0.39 is 0 Å². The number of fused-ring (bicyclic) bond motifs is 11. The van der Waals surface area contributed by atoms with Crippen LogP contribution in [-0.2, 0) is 5.41 Å². The molecule has 0 fully saturated rings. The Balaban J connectivity index is 1.02. The van der Waals surface area contributed by atoms with Crippen LogP contribution in [0.4, 0.5) is 0 Å². The van der Waals surface area contributed by atoms with Gasteiger partial charge >= 0.3 is 0 Å². The molecule has 1 heteroatoms. The van der Waals surface area contributed by atoms with Gasteiger partial charge in [-0.25, -0.2) is 0 Å². The van der Waals surface area contributed by atoms with Gasteiger partial charge in [-0.1, -0.05) is 129 Å². The molecular formula is C51H33N. The van der Waals surface area contributed by atoms with Crippen molar-refractivity contribution in [2.45, 2.75) is 19.3 Å². The predicted octanol–water partition coefficient (Wildman–Crippen LogP) is 13.9. The largest absolute Gasteiger partial charge is 0.309 e. The van der Waals surface area contributed by atoms with Gasteiger partial charge in [0.1, 0.15) is 0 Å². The zero-order valence-electron chi connectivity index (χ0n) is 29.0. The molecule has 0 unspecified atom stereocenters. The van der Waals surface area contributed by atoms with Gasteiger partial charge in [-0.2, -0.15) is 0 Å². The van der Waals surface area contributed by atoms with Crippen molar-refractivity contribution in [1.82, 2.24) is 4.57 Å². The van der Waals surface area contributed by atoms with Crippen LogP contribution in [0.15, 0.2) is 164 Å². The smallest absolute Gasteiger partial charge is 0.0547 e. The highest BCUT2D eigenvalue weighted by molar-refractivity contribution is 6.19. The normalized spacial score (nSPS) is 13.7. The maximum atomic E-state index is 2.46. The average molecular weight is 660 g/mol. The van der Waals surface area contributed by atoms with E-state index in [0.29, 0.717) is 0 Å². The Morgan fingerprint density at radius 3 is 1.92 bits per heavy atom. The molecule has 242 valence electrons. The lowest BCUT2D eigenvalue weighted by Crippen LogP contribution is -2.14. The van der Waals surface area contributed by atoms with Crippen molar-refractivity contribution >= 4 is 54.1 Å². The van der Waals surface area contributed by atoms with Gasteiger partial charge in [0.2, 0.25) is 0 Å². The van der Waals surface area contributed by atoms with Crippen LogP contribution in [0.3, 0.4) is 0 Å². The van der Waals surface area contributed by atoms with Gasteiger partial charge < -0.3 is 4.57 Å². The van der Waals surface area contributed by atoms with E-state index in [4.69, 9.17) is 0 Å². The summed E-state index contributed by atoms with van der Waals surface area (Å²) in [6.45, 7) is 4.73. The van der Waals surface area contributed by atoms with Crippen LogP contribution in [0, 0.1) is 0 Å². The first-order valence-electron chi connectivity index (χ1n) is 18.3. The quantitative estimate of drug-likeness (QED) is 0.174. The average Bonchev–Trinajstić information content (AvgIpc) is 3.77. The lowest BCUT2D eigenvalue weighted by Gasteiger charge is -2.21. The molecule has 0 spiro atoms. The molecule has 0 aliphatic heterocycles. The highest BCUT2D eigenvalue weighted by atomic mass is 15.0. The number of nitrogens with zero attached hydrogens (tertiary/aromatic N) is 1. The Kier molecular flexibility index (Phi) is 5.37. The highest BCUT2D eigenvalue weighted by Crippen LogP contribution is 2.51. The van der Waals surface area contributed by atoms with E-state index in [1.165, 1.54) is 115 Å². The fourth-order valence-electron chi connectivity index (χ4n) is 9.79. The summed E-state index contributed by atoms with van der Waals surface area (Å²) in [6.07, 6.45) is 0. The lowest BCUT2D eigenvalue weighted by molar-refractivity contribution is 0.661. The van der Waals surface area contributed by atoms with Gasteiger partial charge in [-0.15, -0.1) is 0 Å². The summed E-state index contributed by atoms with van der Waals surface area (Å²) in [5.74, 6) is 0. The van der Waals surface area contributed by atoms with Crippen molar-refractivity contribution < 1.29 is 0 Å². The Morgan fingerprint density at radius 2 is 1.04 bits per heavy atom. The fraction of sp³-hybridized carbons (Fsp3) is 0.0588. The fourth-order valence-corrected chi connectivity index (χ4v) is 9.79. The third-order valence-corrected chi connectivity index (χ3v) is 12.3. The minimum atomic E-state index is -0.0310. The minimum Gasteiger partial charge on any atom is -0.309 e.